The number of hydrogen-bond donors (Lipinski definition) is 1. The normalized spacial score (nSPS) is 19.1. The predicted octanol–water partition coefficient (Wildman–Crippen LogP) is 3.91. The lowest BCUT2D eigenvalue weighted by Crippen LogP contribution is -2.57. The van der Waals surface area contributed by atoms with Crippen LogP contribution in [0, 0.1) is 19.8 Å². The van der Waals surface area contributed by atoms with E-state index in [2.05, 4.69) is 20.3 Å². The number of rotatable bonds is 5. The second kappa shape index (κ2) is 8.17. The molecule has 1 atom stereocenters. The van der Waals surface area contributed by atoms with Gasteiger partial charge in [-0.05, 0) is 38.8 Å². The molecule has 0 spiro atoms. The Labute approximate surface area is 204 Å². The van der Waals surface area contributed by atoms with Gasteiger partial charge in [0.25, 0.3) is 5.91 Å². The fraction of sp³-hybridized carbons (Fsp3) is 0.348. The van der Waals surface area contributed by atoms with Gasteiger partial charge in [0.05, 0.1) is 45.6 Å². The minimum absolute atomic E-state index is 0.103. The molecule has 9 nitrogen and oxygen atoms in total. The highest BCUT2D eigenvalue weighted by Gasteiger charge is 2.43. The molecular weight excluding hydrogens is 472 g/mol. The van der Waals surface area contributed by atoms with Gasteiger partial charge in [0, 0.05) is 17.5 Å². The molecule has 2 fully saturated rings. The fourth-order valence-electron chi connectivity index (χ4n) is 4.14. The summed E-state index contributed by atoms with van der Waals surface area (Å²) in [5.74, 6) is 1.13. The molecule has 174 valence electrons. The number of aromatic nitrogens is 3. The largest absolute Gasteiger partial charge is 0.475 e. The monoisotopic (exact) mass is 494 g/mol. The van der Waals surface area contributed by atoms with Gasteiger partial charge in [0.2, 0.25) is 11.8 Å². The molecule has 6 heterocycles. The molecule has 0 unspecified atom stereocenters. The van der Waals surface area contributed by atoms with E-state index in [4.69, 9.17) is 4.74 Å². The van der Waals surface area contributed by atoms with Gasteiger partial charge in [0.15, 0.2) is 5.13 Å². The van der Waals surface area contributed by atoms with E-state index in [1.54, 1.807) is 45.7 Å². The third-order valence-electron chi connectivity index (χ3n) is 6.04. The number of pyridine rings is 1. The SMILES string of the molecule is Cc1nc(C)c(-c2csc(Nc3ccc(C(=O)N4C=C5OC[C@H]4CN5C(=O)C4CC4)cn3)n2)s1. The highest BCUT2D eigenvalue weighted by molar-refractivity contribution is 7.16. The molecule has 0 aromatic carbocycles. The number of anilines is 2. The smallest absolute Gasteiger partial charge is 0.259 e. The molecule has 1 saturated heterocycles. The third-order valence-corrected chi connectivity index (χ3v) is 7.89. The van der Waals surface area contributed by atoms with Crippen LogP contribution in [-0.2, 0) is 9.53 Å². The van der Waals surface area contributed by atoms with Gasteiger partial charge in [-0.15, -0.1) is 22.7 Å². The summed E-state index contributed by atoms with van der Waals surface area (Å²) in [6, 6.07) is 3.32. The summed E-state index contributed by atoms with van der Waals surface area (Å²) in [7, 11) is 0. The topological polar surface area (TPSA) is 101 Å². The van der Waals surface area contributed by atoms with Crippen LogP contribution in [0.3, 0.4) is 0 Å². The summed E-state index contributed by atoms with van der Waals surface area (Å²) in [5, 5.41) is 6.95. The summed E-state index contributed by atoms with van der Waals surface area (Å²) < 4.78 is 5.67. The first kappa shape index (κ1) is 21.2. The Morgan fingerprint density at radius 1 is 1.21 bits per heavy atom. The van der Waals surface area contributed by atoms with E-state index in [-0.39, 0.29) is 23.8 Å². The van der Waals surface area contributed by atoms with Crippen molar-refractivity contribution in [3.05, 3.63) is 52.1 Å². The zero-order chi connectivity index (χ0) is 23.4. The minimum Gasteiger partial charge on any atom is -0.475 e. The summed E-state index contributed by atoms with van der Waals surface area (Å²) in [6.07, 6.45) is 5.08. The Morgan fingerprint density at radius 2 is 2.06 bits per heavy atom. The number of aryl methyl sites for hydroxylation is 2. The number of fused-ring (bicyclic) bond motifs is 3. The molecule has 34 heavy (non-hydrogen) atoms. The van der Waals surface area contributed by atoms with E-state index in [9.17, 15) is 9.59 Å². The second-order valence-electron chi connectivity index (χ2n) is 8.61. The molecule has 3 aromatic heterocycles. The van der Waals surface area contributed by atoms with Gasteiger partial charge < -0.3 is 15.0 Å². The van der Waals surface area contributed by atoms with Crippen LogP contribution in [0.15, 0.2) is 35.8 Å². The van der Waals surface area contributed by atoms with Crippen molar-refractivity contribution in [2.45, 2.75) is 32.7 Å². The molecule has 4 aliphatic rings. The van der Waals surface area contributed by atoms with Crippen LogP contribution in [0.1, 0.15) is 33.9 Å². The predicted molar refractivity (Wildman–Crippen MR) is 129 cm³/mol. The summed E-state index contributed by atoms with van der Waals surface area (Å²) >= 11 is 3.12. The average Bonchev–Trinajstić information content (AvgIpc) is 3.51. The van der Waals surface area contributed by atoms with Crippen molar-refractivity contribution in [1.82, 2.24) is 24.8 Å². The summed E-state index contributed by atoms with van der Waals surface area (Å²) in [4.78, 5) is 43.5. The zero-order valence-corrected chi connectivity index (χ0v) is 20.3. The maximum atomic E-state index is 13.1. The van der Waals surface area contributed by atoms with Crippen molar-refractivity contribution in [2.24, 2.45) is 5.92 Å². The van der Waals surface area contributed by atoms with Crippen LogP contribution in [0.5, 0.6) is 0 Å². The van der Waals surface area contributed by atoms with Crippen LogP contribution in [0.2, 0.25) is 0 Å². The van der Waals surface area contributed by atoms with E-state index < -0.39 is 0 Å². The molecule has 1 aliphatic carbocycles. The van der Waals surface area contributed by atoms with Crippen LogP contribution < -0.4 is 5.32 Å². The van der Waals surface area contributed by atoms with Crippen molar-refractivity contribution in [3.63, 3.8) is 0 Å². The molecule has 1 saturated carbocycles. The standard InChI is InChI=1S/C23H22N6O3S2/c1-12-20(34-13(2)25-12)17-11-33-23(26-17)27-18-6-5-15(7-24-18)22(31)28-9-19-29(8-16(28)10-32-19)21(30)14-3-4-14/h5-7,9,11,14,16H,3-4,8,10H2,1-2H3,(H,24,26,27)/t16-/m1/s1. The Bertz CT molecular complexity index is 1310. The number of carbonyl (C=O) groups excluding carboxylic acids is 2. The maximum Gasteiger partial charge on any atom is 0.259 e. The van der Waals surface area contributed by atoms with Crippen molar-refractivity contribution in [3.8, 4) is 10.6 Å². The third kappa shape index (κ3) is 3.84. The van der Waals surface area contributed by atoms with Gasteiger partial charge in [-0.1, -0.05) is 0 Å². The lowest BCUT2D eigenvalue weighted by atomic mass is 10.1. The summed E-state index contributed by atoms with van der Waals surface area (Å²) in [6.45, 7) is 4.85. The van der Waals surface area contributed by atoms with Gasteiger partial charge in [-0.25, -0.2) is 15.0 Å². The zero-order valence-electron chi connectivity index (χ0n) is 18.6. The highest BCUT2D eigenvalue weighted by Crippen LogP contribution is 2.36. The van der Waals surface area contributed by atoms with Crippen LogP contribution in [0.4, 0.5) is 10.9 Å². The van der Waals surface area contributed by atoms with Crippen LogP contribution in [-0.4, -0.2) is 55.8 Å². The summed E-state index contributed by atoms with van der Waals surface area (Å²) in [5.41, 5.74) is 2.35. The minimum atomic E-state index is -0.196. The molecule has 2 amide bonds. The fourth-order valence-corrected chi connectivity index (χ4v) is 5.81. The highest BCUT2D eigenvalue weighted by atomic mass is 32.1. The lowest BCUT2D eigenvalue weighted by molar-refractivity contribution is -0.139. The molecule has 3 aromatic rings. The first-order chi connectivity index (χ1) is 16.5. The van der Waals surface area contributed by atoms with Crippen molar-refractivity contribution < 1.29 is 14.3 Å². The Balaban J connectivity index is 1.14. The van der Waals surface area contributed by atoms with Crippen LogP contribution >= 0.6 is 22.7 Å². The number of nitrogens with one attached hydrogen (secondary N) is 1. The molecule has 7 rings (SSSR count). The molecule has 0 radical (unpaired) electrons. The van der Waals surface area contributed by atoms with E-state index in [0.29, 0.717) is 30.4 Å². The number of nitrogens with zero attached hydrogens (tertiary/aromatic N) is 5. The van der Waals surface area contributed by atoms with Crippen molar-refractivity contribution in [1.29, 1.82) is 0 Å². The number of thiazole rings is 2. The first-order valence-electron chi connectivity index (χ1n) is 11.1. The van der Waals surface area contributed by atoms with E-state index in [0.717, 1.165) is 39.2 Å². The molecule has 2 bridgehead atoms. The van der Waals surface area contributed by atoms with E-state index >= 15 is 0 Å². The van der Waals surface area contributed by atoms with Gasteiger partial charge in [-0.3, -0.25) is 14.5 Å². The Kier molecular flexibility index (Phi) is 5.10. The first-order valence-corrected chi connectivity index (χ1v) is 12.8. The Hall–Kier alpha value is -3.31. The van der Waals surface area contributed by atoms with Gasteiger partial charge in [-0.2, -0.15) is 0 Å². The second-order valence-corrected chi connectivity index (χ2v) is 10.7. The van der Waals surface area contributed by atoms with E-state index in [1.165, 1.54) is 11.3 Å². The molecule has 11 heteroatoms. The number of ether oxygens (including phenoxy) is 1. The molecule has 1 N–H and O–H groups in total. The van der Waals surface area contributed by atoms with Crippen molar-refractivity contribution >= 4 is 45.4 Å². The number of carbonyl (C=O) groups is 2. The lowest BCUT2D eigenvalue weighted by Gasteiger charge is -2.44. The average molecular weight is 495 g/mol. The number of hydrogen-bond acceptors (Lipinski definition) is 9. The van der Waals surface area contributed by atoms with Crippen LogP contribution in [0.25, 0.3) is 10.6 Å². The quantitative estimate of drug-likeness (QED) is 0.574. The maximum absolute atomic E-state index is 13.1. The van der Waals surface area contributed by atoms with Gasteiger partial charge in [0.1, 0.15) is 12.4 Å². The van der Waals surface area contributed by atoms with Gasteiger partial charge >= 0.3 is 0 Å². The van der Waals surface area contributed by atoms with Crippen molar-refractivity contribution in [2.75, 3.05) is 18.5 Å². The Morgan fingerprint density at radius 3 is 2.71 bits per heavy atom. The number of amides is 2. The molecular formula is C23H22N6O3S2. The molecule has 3 aliphatic heterocycles. The van der Waals surface area contributed by atoms with E-state index in [1.807, 2.05) is 19.2 Å².